The molecule has 0 aromatic heterocycles. The van der Waals surface area contributed by atoms with E-state index in [4.69, 9.17) is 0 Å². The normalized spacial score (nSPS) is 27.9. The maximum Gasteiger partial charge on any atom is -0.0386 e. The summed E-state index contributed by atoms with van der Waals surface area (Å²) in [6.07, 6.45) is 19.4. The Labute approximate surface area is 110 Å². The van der Waals surface area contributed by atoms with Crippen LogP contribution in [0.2, 0.25) is 0 Å². The Morgan fingerprint density at radius 3 is 1.24 bits per heavy atom. The molecule has 2 fully saturated rings. The standard InChI is InChI=1S/C10H18.C7H16/c1-2-6-10-8-4-3-7-9(10)5-1;1-3-5-7-6-4-2/h9-10H,1-8H2;3-7H2,1-2H3. The Morgan fingerprint density at radius 2 is 0.941 bits per heavy atom. The van der Waals surface area contributed by atoms with Crippen molar-refractivity contribution in [3.63, 3.8) is 0 Å². The molecule has 0 amide bonds. The second-order valence-corrected chi connectivity index (χ2v) is 6.15. The molecular formula is C17H34. The van der Waals surface area contributed by atoms with Crippen LogP contribution in [0.25, 0.3) is 0 Å². The van der Waals surface area contributed by atoms with Gasteiger partial charge in [0.25, 0.3) is 0 Å². The van der Waals surface area contributed by atoms with E-state index in [1.165, 1.54) is 57.8 Å². The molecule has 2 aliphatic carbocycles. The van der Waals surface area contributed by atoms with Gasteiger partial charge in [-0.3, -0.25) is 0 Å². The van der Waals surface area contributed by atoms with Crippen LogP contribution in [0.3, 0.4) is 0 Å². The van der Waals surface area contributed by atoms with E-state index in [1.807, 2.05) is 0 Å². The molecule has 17 heavy (non-hydrogen) atoms. The highest BCUT2D eigenvalue weighted by Crippen LogP contribution is 2.39. The molecule has 2 saturated carbocycles. The Morgan fingerprint density at radius 1 is 0.588 bits per heavy atom. The van der Waals surface area contributed by atoms with Crippen molar-refractivity contribution >= 4 is 0 Å². The zero-order valence-electron chi connectivity index (χ0n) is 12.3. The second-order valence-electron chi connectivity index (χ2n) is 6.15. The lowest BCUT2D eigenvalue weighted by Gasteiger charge is -2.35. The zero-order chi connectivity index (χ0) is 12.3. The van der Waals surface area contributed by atoms with E-state index in [-0.39, 0.29) is 0 Å². The summed E-state index contributed by atoms with van der Waals surface area (Å²) >= 11 is 0. The van der Waals surface area contributed by atoms with Crippen LogP contribution in [-0.4, -0.2) is 0 Å². The van der Waals surface area contributed by atoms with Crippen molar-refractivity contribution in [2.24, 2.45) is 11.8 Å². The van der Waals surface area contributed by atoms with Crippen molar-refractivity contribution in [2.45, 2.75) is 97.3 Å². The summed E-state index contributed by atoms with van der Waals surface area (Å²) in [6.45, 7) is 4.49. The number of rotatable bonds is 4. The summed E-state index contributed by atoms with van der Waals surface area (Å²) in [6, 6.07) is 0. The van der Waals surface area contributed by atoms with Crippen LogP contribution < -0.4 is 0 Å². The van der Waals surface area contributed by atoms with E-state index >= 15 is 0 Å². The number of hydrogen-bond acceptors (Lipinski definition) is 0. The Bertz CT molecular complexity index is 131. The van der Waals surface area contributed by atoms with E-state index < -0.39 is 0 Å². The highest BCUT2D eigenvalue weighted by atomic mass is 14.3. The molecule has 0 atom stereocenters. The molecule has 0 heterocycles. The molecule has 0 saturated heterocycles. The molecule has 0 N–H and O–H groups in total. The first-order chi connectivity index (χ1) is 8.38. The average molecular weight is 238 g/mol. The van der Waals surface area contributed by atoms with Gasteiger partial charge in [0.1, 0.15) is 0 Å². The highest BCUT2D eigenvalue weighted by molar-refractivity contribution is 4.78. The van der Waals surface area contributed by atoms with Gasteiger partial charge in [0.15, 0.2) is 0 Å². The summed E-state index contributed by atoms with van der Waals surface area (Å²) in [5.41, 5.74) is 0. The smallest absolute Gasteiger partial charge is 0.0386 e. The van der Waals surface area contributed by atoms with Crippen LogP contribution in [0.4, 0.5) is 0 Å². The fourth-order valence-electron chi connectivity index (χ4n) is 3.53. The second kappa shape index (κ2) is 9.97. The zero-order valence-corrected chi connectivity index (χ0v) is 12.3. The first-order valence-electron chi connectivity index (χ1n) is 8.38. The van der Waals surface area contributed by atoms with Gasteiger partial charge in [-0.2, -0.15) is 0 Å². The van der Waals surface area contributed by atoms with E-state index in [9.17, 15) is 0 Å². The van der Waals surface area contributed by atoms with Crippen molar-refractivity contribution in [1.29, 1.82) is 0 Å². The van der Waals surface area contributed by atoms with Crippen molar-refractivity contribution in [3.8, 4) is 0 Å². The maximum absolute atomic E-state index is 2.25. The maximum atomic E-state index is 2.25. The van der Waals surface area contributed by atoms with Crippen LogP contribution >= 0.6 is 0 Å². The first kappa shape index (κ1) is 15.1. The SMILES string of the molecule is C1CCC2CCCCC2C1.CCCCCCC. The fraction of sp³-hybridized carbons (Fsp3) is 1.00. The minimum absolute atomic E-state index is 1.16. The fourth-order valence-corrected chi connectivity index (χ4v) is 3.53. The molecule has 0 nitrogen and oxygen atoms in total. The lowest BCUT2D eigenvalue weighted by Crippen LogP contribution is -2.22. The summed E-state index contributed by atoms with van der Waals surface area (Å²) < 4.78 is 0. The van der Waals surface area contributed by atoms with Crippen molar-refractivity contribution < 1.29 is 0 Å². The lowest BCUT2D eigenvalue weighted by atomic mass is 9.71. The Kier molecular flexibility index (Phi) is 8.83. The van der Waals surface area contributed by atoms with Crippen LogP contribution in [0.5, 0.6) is 0 Å². The largest absolute Gasteiger partial charge is 0.0654 e. The van der Waals surface area contributed by atoms with E-state index in [2.05, 4.69) is 13.8 Å². The number of unbranched alkanes of at least 4 members (excludes halogenated alkanes) is 4. The predicted molar refractivity (Wildman–Crippen MR) is 78.3 cm³/mol. The molecule has 0 unspecified atom stereocenters. The average Bonchev–Trinajstić information content (AvgIpc) is 2.40. The summed E-state index contributed by atoms with van der Waals surface area (Å²) in [5.74, 6) is 2.31. The van der Waals surface area contributed by atoms with Gasteiger partial charge in [-0.25, -0.2) is 0 Å². The molecule has 0 heteroatoms. The molecule has 0 aromatic carbocycles. The summed E-state index contributed by atoms with van der Waals surface area (Å²) in [4.78, 5) is 0. The van der Waals surface area contributed by atoms with Gasteiger partial charge < -0.3 is 0 Å². The van der Waals surface area contributed by atoms with Crippen molar-refractivity contribution in [2.75, 3.05) is 0 Å². The molecule has 2 rings (SSSR count). The van der Waals surface area contributed by atoms with Crippen molar-refractivity contribution in [1.82, 2.24) is 0 Å². The van der Waals surface area contributed by atoms with E-state index in [1.54, 1.807) is 25.7 Å². The highest BCUT2D eigenvalue weighted by Gasteiger charge is 2.26. The first-order valence-corrected chi connectivity index (χ1v) is 8.38. The van der Waals surface area contributed by atoms with Gasteiger partial charge in [0, 0.05) is 0 Å². The van der Waals surface area contributed by atoms with Gasteiger partial charge in [-0.15, -0.1) is 0 Å². The molecule has 0 bridgehead atoms. The van der Waals surface area contributed by atoms with E-state index in [0.29, 0.717) is 0 Å². The van der Waals surface area contributed by atoms with Gasteiger partial charge in [0.2, 0.25) is 0 Å². The minimum Gasteiger partial charge on any atom is -0.0654 e. The van der Waals surface area contributed by atoms with E-state index in [0.717, 1.165) is 11.8 Å². The third-order valence-electron chi connectivity index (χ3n) is 4.67. The van der Waals surface area contributed by atoms with Gasteiger partial charge in [-0.1, -0.05) is 97.3 Å². The van der Waals surface area contributed by atoms with Gasteiger partial charge in [0.05, 0.1) is 0 Å². The molecular weight excluding hydrogens is 204 g/mol. The number of hydrogen-bond donors (Lipinski definition) is 0. The molecule has 102 valence electrons. The summed E-state index contributed by atoms with van der Waals surface area (Å²) in [7, 11) is 0. The molecule has 2 aliphatic rings. The molecule has 0 aliphatic heterocycles. The predicted octanol–water partition coefficient (Wildman–Crippen LogP) is 6.34. The Balaban J connectivity index is 0.000000185. The molecule has 0 aromatic rings. The van der Waals surface area contributed by atoms with Gasteiger partial charge in [-0.05, 0) is 11.8 Å². The Hall–Kier alpha value is 0. The van der Waals surface area contributed by atoms with Crippen molar-refractivity contribution in [3.05, 3.63) is 0 Å². The lowest BCUT2D eigenvalue weighted by molar-refractivity contribution is 0.171. The third-order valence-corrected chi connectivity index (χ3v) is 4.67. The molecule has 0 spiro atoms. The monoisotopic (exact) mass is 238 g/mol. The van der Waals surface area contributed by atoms with Crippen LogP contribution in [0.1, 0.15) is 97.3 Å². The quantitative estimate of drug-likeness (QED) is 0.501. The third kappa shape index (κ3) is 6.48. The van der Waals surface area contributed by atoms with Gasteiger partial charge >= 0.3 is 0 Å². The van der Waals surface area contributed by atoms with Crippen LogP contribution in [0, 0.1) is 11.8 Å². The topological polar surface area (TPSA) is 0 Å². The molecule has 0 radical (unpaired) electrons. The van der Waals surface area contributed by atoms with Crippen LogP contribution in [-0.2, 0) is 0 Å². The minimum atomic E-state index is 1.16. The van der Waals surface area contributed by atoms with Crippen LogP contribution in [0.15, 0.2) is 0 Å². The number of fused-ring (bicyclic) bond motifs is 1. The summed E-state index contributed by atoms with van der Waals surface area (Å²) in [5, 5.41) is 0.